The van der Waals surface area contributed by atoms with E-state index >= 15 is 0 Å². The normalized spacial score (nSPS) is 20.2. The minimum absolute atomic E-state index is 0.0956. The molecule has 1 aliphatic rings. The first-order valence-corrected chi connectivity index (χ1v) is 7.44. The van der Waals surface area contributed by atoms with Crippen LogP contribution in [0.15, 0.2) is 18.2 Å². The summed E-state index contributed by atoms with van der Waals surface area (Å²) >= 11 is 0. The molecular weight excluding hydrogens is 234 g/mol. The van der Waals surface area contributed by atoms with Gasteiger partial charge in [0.1, 0.15) is 0 Å². The van der Waals surface area contributed by atoms with Crippen molar-refractivity contribution in [2.24, 2.45) is 5.73 Å². The van der Waals surface area contributed by atoms with E-state index in [2.05, 4.69) is 32.0 Å². The second-order valence-electron chi connectivity index (χ2n) is 6.07. The highest BCUT2D eigenvalue weighted by Crippen LogP contribution is 2.34. The average Bonchev–Trinajstić information content (AvgIpc) is 2.43. The Morgan fingerprint density at radius 1 is 1.21 bits per heavy atom. The third-order valence-corrected chi connectivity index (χ3v) is 4.73. The Kier molecular flexibility index (Phi) is 4.64. The van der Waals surface area contributed by atoms with Crippen molar-refractivity contribution in [2.45, 2.75) is 64.0 Å². The fraction of sp³-hybridized carbons (Fsp3) is 0.647. The molecule has 1 fully saturated rings. The molecule has 1 aromatic carbocycles. The zero-order chi connectivity index (χ0) is 13.9. The summed E-state index contributed by atoms with van der Waals surface area (Å²) in [5.41, 5.74) is 10.4. The number of rotatable bonds is 4. The van der Waals surface area contributed by atoms with Crippen molar-refractivity contribution in [3.8, 4) is 0 Å². The van der Waals surface area contributed by atoms with Crippen LogP contribution in [0.3, 0.4) is 0 Å². The van der Waals surface area contributed by atoms with E-state index in [0.717, 1.165) is 19.3 Å². The van der Waals surface area contributed by atoms with Crippen molar-refractivity contribution in [1.29, 1.82) is 0 Å². The Labute approximate surface area is 117 Å². The molecule has 1 aromatic rings. The van der Waals surface area contributed by atoms with E-state index in [1.807, 2.05) is 7.11 Å². The van der Waals surface area contributed by atoms with Gasteiger partial charge in [0.2, 0.25) is 0 Å². The molecule has 0 bridgehead atoms. The number of aryl methyl sites for hydroxylation is 2. The lowest BCUT2D eigenvalue weighted by Gasteiger charge is -2.41. The zero-order valence-electron chi connectivity index (χ0n) is 12.5. The van der Waals surface area contributed by atoms with Crippen LogP contribution in [0.5, 0.6) is 0 Å². The summed E-state index contributed by atoms with van der Waals surface area (Å²) < 4.78 is 5.86. The van der Waals surface area contributed by atoms with Crippen LogP contribution in [-0.4, -0.2) is 18.8 Å². The molecule has 0 amide bonds. The number of nitrogens with two attached hydrogens (primary N) is 1. The summed E-state index contributed by atoms with van der Waals surface area (Å²) in [6, 6.07) is 6.72. The van der Waals surface area contributed by atoms with E-state index in [-0.39, 0.29) is 11.6 Å². The fourth-order valence-corrected chi connectivity index (χ4v) is 3.32. The van der Waals surface area contributed by atoms with Crippen molar-refractivity contribution in [3.05, 3.63) is 34.9 Å². The third-order valence-electron chi connectivity index (χ3n) is 4.73. The smallest absolute Gasteiger partial charge is 0.0832 e. The first-order valence-electron chi connectivity index (χ1n) is 7.44. The molecule has 1 unspecified atom stereocenters. The van der Waals surface area contributed by atoms with E-state index < -0.39 is 0 Å². The molecule has 2 N–H and O–H groups in total. The molecule has 0 saturated heterocycles. The topological polar surface area (TPSA) is 35.2 Å². The van der Waals surface area contributed by atoms with Gasteiger partial charge in [-0.3, -0.25) is 0 Å². The van der Waals surface area contributed by atoms with E-state index in [1.165, 1.54) is 36.0 Å². The maximum atomic E-state index is 6.52. The Hall–Kier alpha value is -0.860. The summed E-state index contributed by atoms with van der Waals surface area (Å²) in [6.45, 7) is 4.31. The zero-order valence-corrected chi connectivity index (χ0v) is 12.5. The van der Waals surface area contributed by atoms with Crippen molar-refractivity contribution >= 4 is 0 Å². The Morgan fingerprint density at radius 2 is 1.89 bits per heavy atom. The van der Waals surface area contributed by atoms with Crippen molar-refractivity contribution in [1.82, 2.24) is 0 Å². The van der Waals surface area contributed by atoms with Crippen molar-refractivity contribution < 1.29 is 4.74 Å². The van der Waals surface area contributed by atoms with Crippen LogP contribution in [-0.2, 0) is 11.2 Å². The number of hydrogen-bond acceptors (Lipinski definition) is 2. The minimum atomic E-state index is -0.103. The van der Waals surface area contributed by atoms with Gasteiger partial charge >= 0.3 is 0 Å². The van der Waals surface area contributed by atoms with E-state index in [9.17, 15) is 0 Å². The summed E-state index contributed by atoms with van der Waals surface area (Å²) in [4.78, 5) is 0. The largest absolute Gasteiger partial charge is 0.377 e. The van der Waals surface area contributed by atoms with Gasteiger partial charge in [0.25, 0.3) is 0 Å². The first kappa shape index (κ1) is 14.5. The monoisotopic (exact) mass is 261 g/mol. The first-order chi connectivity index (χ1) is 9.07. The molecule has 1 aliphatic carbocycles. The summed E-state index contributed by atoms with van der Waals surface area (Å²) in [7, 11) is 1.83. The molecule has 0 aromatic heterocycles. The van der Waals surface area contributed by atoms with Crippen LogP contribution < -0.4 is 5.73 Å². The lowest BCUT2D eigenvalue weighted by atomic mass is 9.77. The maximum Gasteiger partial charge on any atom is 0.0832 e. The van der Waals surface area contributed by atoms with Crippen LogP contribution in [0.25, 0.3) is 0 Å². The molecule has 0 heterocycles. The summed E-state index contributed by atoms with van der Waals surface area (Å²) in [6.07, 6.45) is 6.94. The Bertz CT molecular complexity index is 421. The predicted octanol–water partition coefficient (Wildman–Crippen LogP) is 3.52. The lowest BCUT2D eigenvalue weighted by Crippen LogP contribution is -2.52. The minimum Gasteiger partial charge on any atom is -0.377 e. The van der Waals surface area contributed by atoms with Crippen LogP contribution in [0, 0.1) is 13.8 Å². The maximum absolute atomic E-state index is 6.52. The van der Waals surface area contributed by atoms with Gasteiger partial charge in [-0.15, -0.1) is 0 Å². The van der Waals surface area contributed by atoms with Crippen molar-refractivity contribution in [2.75, 3.05) is 7.11 Å². The number of ether oxygens (including phenoxy) is 1. The predicted molar refractivity (Wildman–Crippen MR) is 80.4 cm³/mol. The second kappa shape index (κ2) is 6.06. The molecule has 19 heavy (non-hydrogen) atoms. The second-order valence-corrected chi connectivity index (χ2v) is 6.07. The molecule has 0 aliphatic heterocycles. The highest BCUT2D eigenvalue weighted by molar-refractivity contribution is 5.31. The molecule has 2 nitrogen and oxygen atoms in total. The van der Waals surface area contributed by atoms with E-state index in [0.29, 0.717) is 0 Å². The number of methoxy groups -OCH3 is 1. The third kappa shape index (κ3) is 3.18. The molecule has 0 spiro atoms. The number of hydrogen-bond donors (Lipinski definition) is 1. The molecular formula is C17H27NO. The van der Waals surface area contributed by atoms with Crippen LogP contribution in [0.2, 0.25) is 0 Å². The van der Waals surface area contributed by atoms with Gasteiger partial charge in [0.05, 0.1) is 5.60 Å². The van der Waals surface area contributed by atoms with E-state index in [4.69, 9.17) is 10.5 Å². The van der Waals surface area contributed by atoms with Gasteiger partial charge in [-0.25, -0.2) is 0 Å². The van der Waals surface area contributed by atoms with Gasteiger partial charge in [-0.1, -0.05) is 43.0 Å². The van der Waals surface area contributed by atoms with Crippen LogP contribution in [0.4, 0.5) is 0 Å². The molecule has 2 rings (SSSR count). The Balaban J connectivity index is 2.14. The van der Waals surface area contributed by atoms with Crippen LogP contribution >= 0.6 is 0 Å². The van der Waals surface area contributed by atoms with E-state index in [1.54, 1.807) is 0 Å². The molecule has 106 valence electrons. The standard InChI is InChI=1S/C17H27NO/c1-13-7-8-14(2)15(11-13)12-16(18)17(19-3)9-5-4-6-10-17/h7-8,11,16H,4-6,9-10,12,18H2,1-3H3. The van der Waals surface area contributed by atoms with Gasteiger partial charge in [-0.2, -0.15) is 0 Å². The lowest BCUT2D eigenvalue weighted by molar-refractivity contribution is -0.0583. The van der Waals surface area contributed by atoms with Gasteiger partial charge < -0.3 is 10.5 Å². The molecule has 1 saturated carbocycles. The summed E-state index contributed by atoms with van der Waals surface area (Å²) in [5.74, 6) is 0. The van der Waals surface area contributed by atoms with Crippen molar-refractivity contribution in [3.63, 3.8) is 0 Å². The summed E-state index contributed by atoms with van der Waals surface area (Å²) in [5, 5.41) is 0. The number of benzene rings is 1. The Morgan fingerprint density at radius 3 is 2.53 bits per heavy atom. The average molecular weight is 261 g/mol. The quantitative estimate of drug-likeness (QED) is 0.900. The van der Waals surface area contributed by atoms with Gasteiger partial charge in [0, 0.05) is 13.2 Å². The van der Waals surface area contributed by atoms with Gasteiger partial charge in [0.15, 0.2) is 0 Å². The molecule has 0 radical (unpaired) electrons. The van der Waals surface area contributed by atoms with Crippen LogP contribution in [0.1, 0.15) is 48.8 Å². The highest BCUT2D eigenvalue weighted by Gasteiger charge is 2.38. The van der Waals surface area contributed by atoms with Gasteiger partial charge in [-0.05, 0) is 44.2 Å². The fourth-order valence-electron chi connectivity index (χ4n) is 3.32. The highest BCUT2D eigenvalue weighted by atomic mass is 16.5. The molecule has 2 heteroatoms. The SMILES string of the molecule is COC1(C(N)Cc2cc(C)ccc2C)CCCCC1. The molecule has 1 atom stereocenters.